The summed E-state index contributed by atoms with van der Waals surface area (Å²) in [6.45, 7) is 13.2. The number of rotatable bonds is 3. The van der Waals surface area contributed by atoms with E-state index in [2.05, 4.69) is 142 Å². The molecule has 4 aromatic heterocycles. The van der Waals surface area contributed by atoms with Gasteiger partial charge in [0, 0.05) is 48.2 Å². The maximum atomic E-state index is 11.0. The molecule has 0 saturated heterocycles. The van der Waals surface area contributed by atoms with Crippen LogP contribution in [0.25, 0.3) is 66.6 Å². The molecule has 0 spiro atoms. The maximum Gasteiger partial charge on any atom is 0.147 e. The van der Waals surface area contributed by atoms with E-state index < -0.39 is 0 Å². The Morgan fingerprint density at radius 2 is 1.17 bits per heavy atom. The quantitative estimate of drug-likeness (QED) is 0.181. The molecule has 8 rings (SSSR count). The van der Waals surface area contributed by atoms with Gasteiger partial charge in [-0.2, -0.15) is 23.8 Å². The fraction of sp³-hybridized carbons (Fsp3) is 0.190. The van der Waals surface area contributed by atoms with Crippen molar-refractivity contribution in [1.29, 1.82) is 0 Å². The number of fused-ring (bicyclic) bond motifs is 6. The summed E-state index contributed by atoms with van der Waals surface area (Å²) in [6.07, 6.45) is 0. The topological polar surface area (TPSA) is 55.9 Å². The van der Waals surface area contributed by atoms with Crippen LogP contribution in [0.4, 0.5) is 0 Å². The standard InChI is InChI=1S/C42H37N4O.Pt/c1-41(2,3)26-12-11-13-28(24-26)45-35-16-9-7-14-29(35)32-20-23-38(44-40(32)45)46-36-17-10-8-15-30(36)31-19-21-34(43-39(31)46)33-25-27(42(4,5)6)18-22-37(33)47;/h7-12,14-25,47H,1-6H3;/q-1;. The minimum Gasteiger partial charge on any atom is -0.507 e. The molecule has 6 heteroatoms. The number of aromatic hydroxyl groups is 1. The molecular formula is C42H37N4OPt-. The summed E-state index contributed by atoms with van der Waals surface area (Å²) in [4.78, 5) is 10.6. The maximum absolute atomic E-state index is 11.0. The molecule has 0 bridgehead atoms. The van der Waals surface area contributed by atoms with E-state index in [4.69, 9.17) is 9.97 Å². The van der Waals surface area contributed by atoms with E-state index in [0.29, 0.717) is 11.3 Å². The molecule has 0 saturated carbocycles. The molecule has 1 N–H and O–H groups in total. The molecule has 0 amide bonds. The van der Waals surface area contributed by atoms with Crippen LogP contribution in [0.3, 0.4) is 0 Å². The van der Waals surface area contributed by atoms with Gasteiger partial charge in [0.1, 0.15) is 22.9 Å². The Kier molecular flexibility index (Phi) is 7.60. The van der Waals surface area contributed by atoms with Crippen molar-refractivity contribution in [2.45, 2.75) is 52.4 Å². The van der Waals surface area contributed by atoms with Crippen LogP contribution in [0, 0.1) is 6.07 Å². The van der Waals surface area contributed by atoms with E-state index in [1.165, 1.54) is 5.56 Å². The van der Waals surface area contributed by atoms with Crippen LogP contribution in [0.1, 0.15) is 52.7 Å². The van der Waals surface area contributed by atoms with Crippen LogP contribution >= 0.6 is 0 Å². The van der Waals surface area contributed by atoms with Gasteiger partial charge in [0.25, 0.3) is 0 Å². The summed E-state index contributed by atoms with van der Waals surface area (Å²) in [7, 11) is 0. The molecule has 4 heterocycles. The van der Waals surface area contributed by atoms with E-state index >= 15 is 0 Å². The molecule has 4 aromatic carbocycles. The Morgan fingerprint density at radius 3 is 1.83 bits per heavy atom. The number of hydrogen-bond acceptors (Lipinski definition) is 3. The van der Waals surface area contributed by atoms with Crippen molar-refractivity contribution in [3.8, 4) is 28.5 Å². The van der Waals surface area contributed by atoms with E-state index in [9.17, 15) is 5.11 Å². The van der Waals surface area contributed by atoms with Crippen molar-refractivity contribution in [2.75, 3.05) is 0 Å². The molecule has 0 atom stereocenters. The Balaban J connectivity index is 0.00000364. The first-order chi connectivity index (χ1) is 22.5. The summed E-state index contributed by atoms with van der Waals surface area (Å²) >= 11 is 0. The predicted molar refractivity (Wildman–Crippen MR) is 194 cm³/mol. The minimum atomic E-state index is -0.0664. The second-order valence-electron chi connectivity index (χ2n) is 14.5. The number of hydrogen-bond donors (Lipinski definition) is 1. The Bertz CT molecular complexity index is 2510. The molecule has 48 heavy (non-hydrogen) atoms. The zero-order chi connectivity index (χ0) is 32.7. The predicted octanol–water partition coefficient (Wildman–Crippen LogP) is 10.4. The van der Waals surface area contributed by atoms with Crippen molar-refractivity contribution in [1.82, 2.24) is 19.1 Å². The number of benzene rings is 4. The molecule has 0 radical (unpaired) electrons. The summed E-state index contributed by atoms with van der Waals surface area (Å²) in [6, 6.07) is 40.9. The third kappa shape index (κ3) is 5.12. The zero-order valence-electron chi connectivity index (χ0n) is 27.9. The number of nitrogens with zero attached hydrogens (tertiary/aromatic N) is 4. The summed E-state index contributed by atoms with van der Waals surface area (Å²) < 4.78 is 4.38. The van der Waals surface area contributed by atoms with Crippen LogP contribution < -0.4 is 0 Å². The Hall–Kier alpha value is -4.73. The number of phenolic OH excluding ortho intramolecular Hbond substituents is 1. The smallest absolute Gasteiger partial charge is 0.147 e. The van der Waals surface area contributed by atoms with Crippen molar-refractivity contribution < 1.29 is 26.2 Å². The van der Waals surface area contributed by atoms with Crippen molar-refractivity contribution in [3.05, 3.63) is 126 Å². The van der Waals surface area contributed by atoms with Crippen LogP contribution in [0.5, 0.6) is 5.75 Å². The summed E-state index contributed by atoms with van der Waals surface area (Å²) in [5.41, 5.74) is 8.47. The molecular weight excluding hydrogens is 772 g/mol. The Labute approximate surface area is 295 Å². The van der Waals surface area contributed by atoms with Gasteiger partial charge in [-0.05, 0) is 64.9 Å². The monoisotopic (exact) mass is 808 g/mol. The third-order valence-corrected chi connectivity index (χ3v) is 9.29. The number of phenols is 1. The Morgan fingerprint density at radius 1 is 0.583 bits per heavy atom. The van der Waals surface area contributed by atoms with Crippen molar-refractivity contribution in [3.63, 3.8) is 0 Å². The van der Waals surface area contributed by atoms with Gasteiger partial charge in [-0.3, -0.25) is 4.57 Å². The van der Waals surface area contributed by atoms with Crippen molar-refractivity contribution in [2.24, 2.45) is 0 Å². The number of para-hydroxylation sites is 2. The van der Waals surface area contributed by atoms with Gasteiger partial charge in [0.2, 0.25) is 0 Å². The molecule has 0 aliphatic carbocycles. The molecule has 5 nitrogen and oxygen atoms in total. The van der Waals surface area contributed by atoms with Gasteiger partial charge in [-0.1, -0.05) is 89.7 Å². The molecule has 0 aliphatic rings. The second-order valence-corrected chi connectivity index (χ2v) is 14.5. The van der Waals surface area contributed by atoms with Crippen LogP contribution in [-0.2, 0) is 31.9 Å². The second kappa shape index (κ2) is 11.5. The molecule has 8 aromatic rings. The van der Waals surface area contributed by atoms with Crippen LogP contribution in [0.2, 0.25) is 0 Å². The first kappa shape index (κ1) is 31.8. The van der Waals surface area contributed by atoms with Crippen LogP contribution in [-0.4, -0.2) is 24.2 Å². The molecule has 0 fully saturated rings. The fourth-order valence-corrected chi connectivity index (χ4v) is 6.68. The van der Waals surface area contributed by atoms with Crippen LogP contribution in [0.15, 0.2) is 109 Å². The van der Waals surface area contributed by atoms with E-state index in [1.54, 1.807) is 6.07 Å². The van der Waals surface area contributed by atoms with Gasteiger partial charge >= 0.3 is 0 Å². The van der Waals surface area contributed by atoms with Gasteiger partial charge in [0.05, 0.1) is 16.7 Å². The first-order valence-corrected chi connectivity index (χ1v) is 16.2. The average molecular weight is 809 g/mol. The molecule has 0 aliphatic heterocycles. The van der Waals surface area contributed by atoms with Gasteiger partial charge in [0.15, 0.2) is 0 Å². The fourth-order valence-electron chi connectivity index (χ4n) is 6.68. The van der Waals surface area contributed by atoms with E-state index in [0.717, 1.165) is 60.9 Å². The normalized spacial score (nSPS) is 12.3. The molecule has 242 valence electrons. The summed E-state index contributed by atoms with van der Waals surface area (Å²) in [5, 5.41) is 15.3. The number of pyridine rings is 2. The van der Waals surface area contributed by atoms with Gasteiger partial charge in [-0.25, -0.2) is 9.97 Å². The SMILES string of the molecule is CC(C)(C)c1cc[c-]c(-n2c3ccccc3c3ccc(-n4c5ccccc5c5ccc(-c6cc(C(C)(C)C)ccc6O)nc54)nc32)c1.[Pt]. The number of aromatic nitrogens is 4. The van der Waals surface area contributed by atoms with E-state index in [1.807, 2.05) is 18.2 Å². The minimum absolute atomic E-state index is 0. The third-order valence-electron chi connectivity index (χ3n) is 9.29. The average Bonchev–Trinajstić information content (AvgIpc) is 3.56. The molecule has 0 unspecified atom stereocenters. The summed E-state index contributed by atoms with van der Waals surface area (Å²) in [5.74, 6) is 0.988. The first-order valence-electron chi connectivity index (χ1n) is 16.2. The van der Waals surface area contributed by atoms with E-state index in [-0.39, 0.29) is 37.6 Å². The van der Waals surface area contributed by atoms with Gasteiger partial charge in [-0.15, -0.1) is 6.07 Å². The van der Waals surface area contributed by atoms with Gasteiger partial charge < -0.3 is 9.67 Å². The van der Waals surface area contributed by atoms with Crippen molar-refractivity contribution >= 4 is 43.9 Å². The zero-order valence-corrected chi connectivity index (χ0v) is 30.2. The largest absolute Gasteiger partial charge is 0.507 e.